The maximum Gasteiger partial charge on any atom is 0.142 e. The van der Waals surface area contributed by atoms with E-state index >= 15 is 0 Å². The first kappa shape index (κ1) is 5.57. The van der Waals surface area contributed by atoms with Crippen molar-refractivity contribution in [2.24, 2.45) is 0 Å². The fourth-order valence-electron chi connectivity index (χ4n) is 0.468. The van der Waals surface area contributed by atoms with Crippen LogP contribution in [-0.2, 0) is 0 Å². The zero-order valence-electron chi connectivity index (χ0n) is 4.63. The third kappa shape index (κ3) is 0.970. The zero-order chi connectivity index (χ0) is 6.69. The predicted octanol–water partition coefficient (Wildman–Crippen LogP) is 0.336. The molecule has 2 N–H and O–H groups in total. The first-order valence-electron chi connectivity index (χ1n) is 2.37. The number of nitrogen functional groups attached to an aromatic ring is 1. The van der Waals surface area contributed by atoms with Crippen molar-refractivity contribution >= 4 is 5.82 Å². The highest BCUT2D eigenvalue weighted by Crippen LogP contribution is 2.02. The van der Waals surface area contributed by atoms with Gasteiger partial charge in [-0.2, -0.15) is 5.26 Å². The summed E-state index contributed by atoms with van der Waals surface area (Å²) in [5.41, 5.74) is 5.66. The Balaban J connectivity index is 3.20. The quantitative estimate of drug-likeness (QED) is 0.534. The van der Waals surface area contributed by atoms with E-state index in [1.165, 1.54) is 0 Å². The Hall–Kier alpha value is -1.56. The van der Waals surface area contributed by atoms with Crippen LogP contribution >= 0.6 is 0 Å². The van der Waals surface area contributed by atoms with E-state index in [4.69, 9.17) is 11.0 Å². The van der Waals surface area contributed by atoms with Gasteiger partial charge in [-0.25, -0.2) is 4.98 Å². The van der Waals surface area contributed by atoms with Crippen LogP contribution in [0.3, 0.4) is 0 Å². The Bertz CT molecular complexity index is 249. The molecule has 3 heteroatoms. The van der Waals surface area contributed by atoms with Crippen LogP contribution in [0.4, 0.5) is 5.82 Å². The Kier molecular flexibility index (Phi) is 1.32. The molecule has 0 aliphatic heterocycles. The largest absolute Gasteiger partial charge is 0.383 e. The topological polar surface area (TPSA) is 62.7 Å². The summed E-state index contributed by atoms with van der Waals surface area (Å²) < 4.78 is 0. The molecule has 0 aromatic carbocycles. The Labute approximate surface area is 52.7 Å². The molecule has 0 saturated heterocycles. The van der Waals surface area contributed by atoms with Crippen molar-refractivity contribution in [1.82, 2.24) is 4.98 Å². The van der Waals surface area contributed by atoms with Crippen molar-refractivity contribution in [3.63, 3.8) is 0 Å². The first-order valence-corrected chi connectivity index (χ1v) is 2.37. The second-order valence-corrected chi connectivity index (χ2v) is 1.48. The standard InChI is InChI=1S/C6H4N3/c7-4-5-2-1-3-9-6(5)8/h1-2H,(H2,8,9). The van der Waals surface area contributed by atoms with Crippen LogP contribution in [0, 0.1) is 17.5 Å². The summed E-state index contributed by atoms with van der Waals surface area (Å²) in [5.74, 6) is 0.236. The lowest BCUT2D eigenvalue weighted by Gasteiger charge is -1.89. The fourth-order valence-corrected chi connectivity index (χ4v) is 0.468. The minimum absolute atomic E-state index is 0.236. The molecule has 43 valence electrons. The Morgan fingerprint density at radius 3 is 3.00 bits per heavy atom. The van der Waals surface area contributed by atoms with Gasteiger partial charge in [0.2, 0.25) is 0 Å². The molecule has 1 rings (SSSR count). The SMILES string of the molecule is N#Cc1cc[c]nc1N. The summed E-state index contributed by atoms with van der Waals surface area (Å²) in [5, 5.41) is 8.33. The number of hydrogen-bond donors (Lipinski definition) is 1. The molecule has 1 aromatic heterocycles. The van der Waals surface area contributed by atoms with Crippen molar-refractivity contribution in [1.29, 1.82) is 5.26 Å². The minimum atomic E-state index is 0.236. The number of rotatable bonds is 0. The van der Waals surface area contributed by atoms with Crippen LogP contribution in [-0.4, -0.2) is 4.98 Å². The van der Waals surface area contributed by atoms with Crippen molar-refractivity contribution in [3.8, 4) is 6.07 Å². The van der Waals surface area contributed by atoms with Crippen molar-refractivity contribution in [2.75, 3.05) is 5.73 Å². The van der Waals surface area contributed by atoms with E-state index in [-0.39, 0.29) is 5.82 Å². The Morgan fingerprint density at radius 2 is 2.56 bits per heavy atom. The van der Waals surface area contributed by atoms with Crippen molar-refractivity contribution < 1.29 is 0 Å². The fraction of sp³-hybridized carbons (Fsp3) is 0. The van der Waals surface area contributed by atoms with Crippen LogP contribution in [0.5, 0.6) is 0 Å². The number of nitrogens with two attached hydrogens (primary N) is 1. The molecule has 0 aliphatic rings. The van der Waals surface area contributed by atoms with Gasteiger partial charge >= 0.3 is 0 Å². The molecule has 1 heterocycles. The van der Waals surface area contributed by atoms with E-state index < -0.39 is 0 Å². The van der Waals surface area contributed by atoms with Gasteiger partial charge in [0, 0.05) is 0 Å². The molecule has 0 amide bonds. The number of aromatic nitrogens is 1. The third-order valence-corrected chi connectivity index (χ3v) is 0.906. The molecule has 0 aliphatic carbocycles. The molecule has 0 fully saturated rings. The van der Waals surface area contributed by atoms with Crippen LogP contribution < -0.4 is 5.73 Å². The number of nitriles is 1. The monoisotopic (exact) mass is 118 g/mol. The molecule has 0 saturated carbocycles. The van der Waals surface area contributed by atoms with E-state index in [0.717, 1.165) is 0 Å². The maximum absolute atomic E-state index is 8.33. The van der Waals surface area contributed by atoms with Crippen LogP contribution in [0.25, 0.3) is 0 Å². The highest BCUT2D eigenvalue weighted by atomic mass is 14.8. The summed E-state index contributed by atoms with van der Waals surface area (Å²) in [6, 6.07) is 5.01. The maximum atomic E-state index is 8.33. The zero-order valence-corrected chi connectivity index (χ0v) is 4.63. The van der Waals surface area contributed by atoms with E-state index in [9.17, 15) is 0 Å². The average Bonchev–Trinajstić information content (AvgIpc) is 1.89. The van der Waals surface area contributed by atoms with Gasteiger partial charge in [-0.3, -0.25) is 0 Å². The lowest BCUT2D eigenvalue weighted by Crippen LogP contribution is -1.92. The number of hydrogen-bond acceptors (Lipinski definition) is 3. The molecular formula is C6H4N3. The second kappa shape index (κ2) is 2.14. The molecule has 0 unspecified atom stereocenters. The lowest BCUT2D eigenvalue weighted by molar-refractivity contribution is 1.30. The van der Waals surface area contributed by atoms with Gasteiger partial charge in [0.25, 0.3) is 0 Å². The van der Waals surface area contributed by atoms with Crippen LogP contribution in [0.2, 0.25) is 0 Å². The molecule has 0 spiro atoms. The highest BCUT2D eigenvalue weighted by Gasteiger charge is 1.93. The van der Waals surface area contributed by atoms with Gasteiger partial charge in [-0.1, -0.05) is 0 Å². The van der Waals surface area contributed by atoms with E-state index in [1.54, 1.807) is 12.1 Å². The summed E-state index contributed by atoms with van der Waals surface area (Å²) >= 11 is 0. The van der Waals surface area contributed by atoms with E-state index in [0.29, 0.717) is 5.56 Å². The van der Waals surface area contributed by atoms with E-state index in [2.05, 4.69) is 11.2 Å². The summed E-state index contributed by atoms with van der Waals surface area (Å²) in [4.78, 5) is 3.58. The smallest absolute Gasteiger partial charge is 0.142 e. The average molecular weight is 118 g/mol. The summed E-state index contributed by atoms with van der Waals surface area (Å²) in [6.45, 7) is 0. The van der Waals surface area contributed by atoms with Gasteiger partial charge in [-0.15, -0.1) is 0 Å². The second-order valence-electron chi connectivity index (χ2n) is 1.48. The van der Waals surface area contributed by atoms with Gasteiger partial charge in [0.15, 0.2) is 0 Å². The van der Waals surface area contributed by atoms with Crippen molar-refractivity contribution in [3.05, 3.63) is 23.9 Å². The van der Waals surface area contributed by atoms with Gasteiger partial charge in [0.05, 0.1) is 11.8 Å². The molecule has 0 atom stereocenters. The molecular weight excluding hydrogens is 114 g/mol. The molecule has 1 aromatic rings. The summed E-state index contributed by atoms with van der Waals surface area (Å²) in [6.07, 6.45) is 2.51. The Morgan fingerprint density at radius 1 is 1.78 bits per heavy atom. The third-order valence-electron chi connectivity index (χ3n) is 0.906. The van der Waals surface area contributed by atoms with Gasteiger partial charge < -0.3 is 5.73 Å². The summed E-state index contributed by atoms with van der Waals surface area (Å²) in [7, 11) is 0. The minimum Gasteiger partial charge on any atom is -0.383 e. The number of anilines is 1. The van der Waals surface area contributed by atoms with Gasteiger partial charge in [0.1, 0.15) is 11.9 Å². The van der Waals surface area contributed by atoms with Crippen LogP contribution in [0.1, 0.15) is 5.56 Å². The van der Waals surface area contributed by atoms with E-state index in [1.807, 2.05) is 6.07 Å². The molecule has 1 radical (unpaired) electrons. The number of nitrogens with zero attached hydrogens (tertiary/aromatic N) is 2. The van der Waals surface area contributed by atoms with Crippen molar-refractivity contribution in [2.45, 2.75) is 0 Å². The molecule has 3 nitrogen and oxygen atoms in total. The molecule has 0 bridgehead atoms. The van der Waals surface area contributed by atoms with Crippen LogP contribution in [0.15, 0.2) is 12.1 Å². The highest BCUT2D eigenvalue weighted by molar-refractivity contribution is 5.46. The lowest BCUT2D eigenvalue weighted by atomic mass is 10.3. The first-order chi connectivity index (χ1) is 4.34. The predicted molar refractivity (Wildman–Crippen MR) is 32.2 cm³/mol. The molecule has 9 heavy (non-hydrogen) atoms. The number of pyridine rings is 1. The normalized spacial score (nSPS) is 8.33. The van der Waals surface area contributed by atoms with Gasteiger partial charge in [-0.05, 0) is 12.1 Å².